The van der Waals surface area contributed by atoms with Gasteiger partial charge in [-0.1, -0.05) is 35.9 Å². The van der Waals surface area contributed by atoms with Crippen LogP contribution in [0, 0.1) is 0 Å². The van der Waals surface area contributed by atoms with E-state index in [9.17, 15) is 4.79 Å². The minimum atomic E-state index is -0.183. The molecule has 3 nitrogen and oxygen atoms in total. The summed E-state index contributed by atoms with van der Waals surface area (Å²) in [6.45, 7) is 0.547. The molecule has 0 radical (unpaired) electrons. The van der Waals surface area contributed by atoms with Crippen LogP contribution in [0.5, 0.6) is 0 Å². The second-order valence-corrected chi connectivity index (χ2v) is 5.90. The molecule has 2 amide bonds. The van der Waals surface area contributed by atoms with Crippen LogP contribution in [-0.4, -0.2) is 24.2 Å². The van der Waals surface area contributed by atoms with Crippen molar-refractivity contribution in [1.29, 1.82) is 0 Å². The fourth-order valence-electron chi connectivity index (χ4n) is 1.85. The highest BCUT2D eigenvalue weighted by molar-refractivity contribution is 7.98. The van der Waals surface area contributed by atoms with E-state index in [1.54, 1.807) is 35.8 Å². The number of para-hydroxylation sites is 1. The van der Waals surface area contributed by atoms with E-state index in [2.05, 4.69) is 17.4 Å². The highest BCUT2D eigenvalue weighted by Crippen LogP contribution is 2.21. The van der Waals surface area contributed by atoms with Crippen LogP contribution in [0.4, 0.5) is 10.5 Å². The molecule has 2 rings (SSSR count). The molecule has 0 saturated carbocycles. The number of carbonyl (C=O) groups excluding carboxylic acids is 1. The maximum atomic E-state index is 12.1. The maximum Gasteiger partial charge on any atom is 0.321 e. The fourth-order valence-corrected chi connectivity index (χ4v) is 2.44. The molecule has 0 unspecified atom stereocenters. The van der Waals surface area contributed by atoms with Gasteiger partial charge >= 0.3 is 6.03 Å². The number of urea groups is 1. The summed E-state index contributed by atoms with van der Waals surface area (Å²) in [7, 11) is 1.76. The van der Waals surface area contributed by atoms with Crippen molar-refractivity contribution in [2.24, 2.45) is 0 Å². The zero-order chi connectivity index (χ0) is 15.2. The van der Waals surface area contributed by atoms with E-state index in [4.69, 9.17) is 11.6 Å². The van der Waals surface area contributed by atoms with Gasteiger partial charge < -0.3 is 10.2 Å². The monoisotopic (exact) mass is 320 g/mol. The molecule has 110 valence electrons. The van der Waals surface area contributed by atoms with Gasteiger partial charge in [-0.15, -0.1) is 11.8 Å². The molecular formula is C16H17ClN2OS. The summed E-state index contributed by atoms with van der Waals surface area (Å²) < 4.78 is 0. The third-order valence-electron chi connectivity index (χ3n) is 3.04. The summed E-state index contributed by atoms with van der Waals surface area (Å²) in [5.41, 5.74) is 1.71. The molecule has 1 N–H and O–H groups in total. The minimum Gasteiger partial charge on any atom is -0.323 e. The number of halogens is 1. The highest BCUT2D eigenvalue weighted by Gasteiger charge is 2.10. The Hall–Kier alpha value is -1.65. The molecule has 0 aliphatic rings. The Morgan fingerprint density at radius 3 is 2.48 bits per heavy atom. The van der Waals surface area contributed by atoms with Gasteiger partial charge in [-0.2, -0.15) is 0 Å². The molecule has 2 aromatic rings. The van der Waals surface area contributed by atoms with Gasteiger partial charge in [0, 0.05) is 18.5 Å². The van der Waals surface area contributed by atoms with Gasteiger partial charge in [0.1, 0.15) is 0 Å². The van der Waals surface area contributed by atoms with Gasteiger partial charge in [-0.3, -0.25) is 0 Å². The molecule has 0 atom stereocenters. The van der Waals surface area contributed by atoms with Crippen molar-refractivity contribution >= 4 is 35.1 Å². The Morgan fingerprint density at radius 2 is 1.86 bits per heavy atom. The molecule has 2 aromatic carbocycles. The highest BCUT2D eigenvalue weighted by atomic mass is 35.5. The summed E-state index contributed by atoms with van der Waals surface area (Å²) in [5.74, 6) is 0. The standard InChI is InChI=1S/C16H17ClN2OS/c1-19(11-12-7-9-13(21-2)10-8-12)16(20)18-15-6-4-3-5-14(15)17/h3-10H,11H2,1-2H3,(H,18,20). The van der Waals surface area contributed by atoms with Crippen LogP contribution < -0.4 is 5.32 Å². The average molecular weight is 321 g/mol. The zero-order valence-electron chi connectivity index (χ0n) is 12.0. The summed E-state index contributed by atoms with van der Waals surface area (Å²) in [6, 6.07) is 15.2. The lowest BCUT2D eigenvalue weighted by Gasteiger charge is -2.18. The van der Waals surface area contributed by atoms with Gasteiger partial charge in [0.25, 0.3) is 0 Å². The lowest BCUT2D eigenvalue weighted by molar-refractivity contribution is 0.220. The Bertz CT molecular complexity index is 616. The Balaban J connectivity index is 1.97. The molecule has 0 aliphatic carbocycles. The van der Waals surface area contributed by atoms with Gasteiger partial charge in [0.2, 0.25) is 0 Å². The number of thioether (sulfide) groups is 1. The Kier molecular flexibility index (Phi) is 5.53. The molecule has 5 heteroatoms. The molecule has 0 aliphatic heterocycles. The largest absolute Gasteiger partial charge is 0.323 e. The van der Waals surface area contributed by atoms with E-state index < -0.39 is 0 Å². The van der Waals surface area contributed by atoms with Crippen molar-refractivity contribution in [2.75, 3.05) is 18.6 Å². The van der Waals surface area contributed by atoms with Gasteiger partial charge in [-0.25, -0.2) is 4.79 Å². The molecular weight excluding hydrogens is 304 g/mol. The first-order valence-corrected chi connectivity index (χ1v) is 8.10. The van der Waals surface area contributed by atoms with E-state index in [-0.39, 0.29) is 6.03 Å². The van der Waals surface area contributed by atoms with Crippen LogP contribution in [0.2, 0.25) is 5.02 Å². The van der Waals surface area contributed by atoms with Crippen molar-refractivity contribution < 1.29 is 4.79 Å². The SMILES string of the molecule is CSc1ccc(CN(C)C(=O)Nc2ccccc2Cl)cc1. The van der Waals surface area contributed by atoms with Gasteiger partial charge in [-0.05, 0) is 36.1 Å². The zero-order valence-corrected chi connectivity index (χ0v) is 13.5. The number of nitrogens with zero attached hydrogens (tertiary/aromatic N) is 1. The van der Waals surface area contributed by atoms with Gasteiger partial charge in [0.15, 0.2) is 0 Å². The van der Waals surface area contributed by atoms with Gasteiger partial charge in [0.05, 0.1) is 10.7 Å². The topological polar surface area (TPSA) is 32.3 Å². The molecule has 0 bridgehead atoms. The summed E-state index contributed by atoms with van der Waals surface area (Å²) >= 11 is 7.73. The third-order valence-corrected chi connectivity index (χ3v) is 4.11. The number of anilines is 1. The van der Waals surface area contributed by atoms with Crippen LogP contribution >= 0.6 is 23.4 Å². The van der Waals surface area contributed by atoms with Crippen LogP contribution in [0.3, 0.4) is 0 Å². The van der Waals surface area contributed by atoms with E-state index in [1.807, 2.05) is 30.5 Å². The van der Waals surface area contributed by atoms with Crippen LogP contribution in [0.15, 0.2) is 53.4 Å². The maximum absolute atomic E-state index is 12.1. The number of hydrogen-bond donors (Lipinski definition) is 1. The number of hydrogen-bond acceptors (Lipinski definition) is 2. The quantitative estimate of drug-likeness (QED) is 0.826. The van der Waals surface area contributed by atoms with E-state index in [0.717, 1.165) is 5.56 Å². The summed E-state index contributed by atoms with van der Waals surface area (Å²) in [6.07, 6.45) is 2.04. The summed E-state index contributed by atoms with van der Waals surface area (Å²) in [5, 5.41) is 3.33. The van der Waals surface area contributed by atoms with Crippen molar-refractivity contribution in [1.82, 2.24) is 4.90 Å². The first-order chi connectivity index (χ1) is 10.1. The Morgan fingerprint density at radius 1 is 1.19 bits per heavy atom. The number of carbonyl (C=O) groups is 1. The normalized spacial score (nSPS) is 10.2. The molecule has 0 aromatic heterocycles. The first-order valence-electron chi connectivity index (χ1n) is 6.49. The predicted octanol–water partition coefficient (Wildman–Crippen LogP) is 4.73. The van der Waals surface area contributed by atoms with E-state index >= 15 is 0 Å². The number of nitrogens with one attached hydrogen (secondary N) is 1. The molecule has 0 saturated heterocycles. The third kappa shape index (κ3) is 4.41. The predicted molar refractivity (Wildman–Crippen MR) is 90.2 cm³/mol. The van der Waals surface area contributed by atoms with E-state index in [1.165, 1.54) is 4.90 Å². The fraction of sp³-hybridized carbons (Fsp3) is 0.188. The second kappa shape index (κ2) is 7.38. The lowest BCUT2D eigenvalue weighted by Crippen LogP contribution is -2.30. The Labute approximate surface area is 134 Å². The number of rotatable bonds is 4. The van der Waals surface area contributed by atoms with Crippen molar-refractivity contribution in [2.45, 2.75) is 11.4 Å². The molecule has 21 heavy (non-hydrogen) atoms. The van der Waals surface area contributed by atoms with Crippen LogP contribution in [0.25, 0.3) is 0 Å². The van der Waals surface area contributed by atoms with Crippen molar-refractivity contribution in [3.05, 3.63) is 59.1 Å². The minimum absolute atomic E-state index is 0.183. The number of amides is 2. The smallest absolute Gasteiger partial charge is 0.321 e. The van der Waals surface area contributed by atoms with Crippen LogP contribution in [0.1, 0.15) is 5.56 Å². The first kappa shape index (κ1) is 15.7. The van der Waals surface area contributed by atoms with Crippen molar-refractivity contribution in [3.8, 4) is 0 Å². The molecule has 0 spiro atoms. The average Bonchev–Trinajstić information content (AvgIpc) is 2.50. The van der Waals surface area contributed by atoms with Crippen LogP contribution in [-0.2, 0) is 6.54 Å². The second-order valence-electron chi connectivity index (χ2n) is 4.61. The molecule has 0 heterocycles. The lowest BCUT2D eigenvalue weighted by atomic mass is 10.2. The number of benzene rings is 2. The van der Waals surface area contributed by atoms with E-state index in [0.29, 0.717) is 17.3 Å². The van der Waals surface area contributed by atoms with Crippen molar-refractivity contribution in [3.63, 3.8) is 0 Å². The molecule has 0 fully saturated rings. The summed E-state index contributed by atoms with van der Waals surface area (Å²) in [4.78, 5) is 15.0.